The second kappa shape index (κ2) is 9.38. The maximum absolute atomic E-state index is 12.4. The average Bonchev–Trinajstić information content (AvgIpc) is 2.78. The number of hydrogen-bond donors (Lipinski definition) is 1. The van der Waals surface area contributed by atoms with E-state index >= 15 is 0 Å². The second-order valence-electron chi connectivity index (χ2n) is 7.10. The Hall–Kier alpha value is -3.43. The first-order chi connectivity index (χ1) is 14.4. The molecule has 1 aromatic heterocycles. The zero-order chi connectivity index (χ0) is 21.7. The van der Waals surface area contributed by atoms with Crippen LogP contribution >= 0.6 is 0 Å². The number of methoxy groups -OCH3 is 1. The summed E-state index contributed by atoms with van der Waals surface area (Å²) in [5.41, 5.74) is 0.998. The van der Waals surface area contributed by atoms with Crippen molar-refractivity contribution in [3.8, 4) is 5.88 Å². The number of carbonyl (C=O) groups excluding carboxylic acids is 1. The van der Waals surface area contributed by atoms with Crippen LogP contribution in [0.4, 0.5) is 17.3 Å². The first kappa shape index (κ1) is 21.3. The number of nitrogens with zero attached hydrogens (tertiary/aromatic N) is 5. The third-order valence-electron chi connectivity index (χ3n) is 5.15. The fraction of sp³-hybridized carbons (Fsp3) is 0.450. The van der Waals surface area contributed by atoms with Gasteiger partial charge in [-0.15, -0.1) is 0 Å². The highest BCUT2D eigenvalue weighted by molar-refractivity contribution is 5.96. The number of nitro benzene ring substituents is 1. The van der Waals surface area contributed by atoms with E-state index in [4.69, 9.17) is 4.74 Å². The Morgan fingerprint density at radius 1 is 1.27 bits per heavy atom. The van der Waals surface area contributed by atoms with Gasteiger partial charge in [-0.25, -0.2) is 4.98 Å². The van der Waals surface area contributed by atoms with Crippen LogP contribution in [0.3, 0.4) is 0 Å². The number of amides is 1. The Labute approximate surface area is 175 Å². The van der Waals surface area contributed by atoms with E-state index in [1.54, 1.807) is 18.2 Å². The molecule has 3 rings (SSSR count). The molecule has 0 spiro atoms. The van der Waals surface area contributed by atoms with Gasteiger partial charge in [0, 0.05) is 44.5 Å². The van der Waals surface area contributed by atoms with Gasteiger partial charge in [0.15, 0.2) is 0 Å². The topological polar surface area (TPSA) is 114 Å². The molecule has 2 heterocycles. The number of para-hydroxylation sites is 2. The van der Waals surface area contributed by atoms with Crippen molar-refractivity contribution in [1.29, 1.82) is 0 Å². The molecular weight excluding hydrogens is 388 g/mol. The number of hydrogen-bond acceptors (Lipinski definition) is 8. The minimum atomic E-state index is -0.362. The normalized spacial score (nSPS) is 14.9. The average molecular weight is 414 g/mol. The minimum Gasteiger partial charge on any atom is -0.480 e. The highest BCUT2D eigenvalue weighted by Gasteiger charge is 2.25. The van der Waals surface area contributed by atoms with Crippen LogP contribution in [0.25, 0.3) is 0 Å². The van der Waals surface area contributed by atoms with Gasteiger partial charge in [-0.2, -0.15) is 4.98 Å². The van der Waals surface area contributed by atoms with Crippen molar-refractivity contribution in [2.24, 2.45) is 0 Å². The van der Waals surface area contributed by atoms with Crippen molar-refractivity contribution < 1.29 is 14.5 Å². The second-order valence-corrected chi connectivity index (χ2v) is 7.10. The van der Waals surface area contributed by atoms with E-state index < -0.39 is 0 Å². The fourth-order valence-corrected chi connectivity index (χ4v) is 3.26. The lowest BCUT2D eigenvalue weighted by atomic mass is 10.2. The number of anilines is 2. The Kier molecular flexibility index (Phi) is 6.65. The summed E-state index contributed by atoms with van der Waals surface area (Å²) in [6.45, 7) is 6.28. The number of aromatic nitrogens is 2. The highest BCUT2D eigenvalue weighted by atomic mass is 16.6. The van der Waals surface area contributed by atoms with E-state index in [1.807, 2.05) is 23.6 Å². The van der Waals surface area contributed by atoms with Crippen LogP contribution in [-0.4, -0.2) is 60.1 Å². The third-order valence-corrected chi connectivity index (χ3v) is 5.15. The van der Waals surface area contributed by atoms with Crippen molar-refractivity contribution >= 4 is 23.2 Å². The fourth-order valence-electron chi connectivity index (χ4n) is 3.26. The summed E-state index contributed by atoms with van der Waals surface area (Å²) < 4.78 is 5.32. The lowest BCUT2D eigenvalue weighted by Gasteiger charge is -2.35. The summed E-state index contributed by atoms with van der Waals surface area (Å²) >= 11 is 0. The van der Waals surface area contributed by atoms with Crippen molar-refractivity contribution in [2.45, 2.75) is 26.3 Å². The van der Waals surface area contributed by atoms with Gasteiger partial charge in [-0.1, -0.05) is 19.1 Å². The maximum atomic E-state index is 12.4. The number of rotatable bonds is 7. The zero-order valence-electron chi connectivity index (χ0n) is 17.4. The molecule has 1 N–H and O–H groups in total. The van der Waals surface area contributed by atoms with Crippen LogP contribution in [0.5, 0.6) is 5.88 Å². The number of carbonyl (C=O) groups is 1. The summed E-state index contributed by atoms with van der Waals surface area (Å²) in [7, 11) is 1.47. The van der Waals surface area contributed by atoms with Crippen molar-refractivity contribution in [3.05, 3.63) is 46.1 Å². The summed E-state index contributed by atoms with van der Waals surface area (Å²) in [6, 6.07) is 6.77. The number of ether oxygens (including phenoxy) is 1. The molecule has 0 unspecified atom stereocenters. The van der Waals surface area contributed by atoms with E-state index in [-0.39, 0.29) is 28.4 Å². The van der Waals surface area contributed by atoms with Crippen LogP contribution in [0, 0.1) is 10.1 Å². The van der Waals surface area contributed by atoms with Crippen LogP contribution in [0.1, 0.15) is 30.6 Å². The van der Waals surface area contributed by atoms with E-state index in [1.165, 1.54) is 19.4 Å². The number of nitro groups is 1. The molecule has 160 valence electrons. The predicted molar refractivity (Wildman–Crippen MR) is 113 cm³/mol. The first-order valence-corrected chi connectivity index (χ1v) is 9.89. The van der Waals surface area contributed by atoms with E-state index in [0.29, 0.717) is 43.4 Å². The van der Waals surface area contributed by atoms with E-state index in [9.17, 15) is 14.9 Å². The van der Waals surface area contributed by atoms with Gasteiger partial charge in [0.2, 0.25) is 11.8 Å². The SMILES string of the molecule is CC[C@H](C)NC(=O)c1cnc(N2CCN(c3ccccc3[N+](=O)[O-])CC2)nc1OC. The third kappa shape index (κ3) is 4.58. The highest BCUT2D eigenvalue weighted by Crippen LogP contribution is 2.29. The Bertz CT molecular complexity index is 914. The van der Waals surface area contributed by atoms with Crippen LogP contribution in [0.15, 0.2) is 30.5 Å². The largest absolute Gasteiger partial charge is 0.480 e. The summed E-state index contributed by atoms with van der Waals surface area (Å²) in [5.74, 6) is 0.421. The molecule has 2 aromatic rings. The molecule has 10 heteroatoms. The van der Waals surface area contributed by atoms with Gasteiger partial charge < -0.3 is 19.9 Å². The summed E-state index contributed by atoms with van der Waals surface area (Å²) in [6.07, 6.45) is 2.30. The Balaban J connectivity index is 1.71. The number of benzene rings is 1. The molecule has 0 bridgehead atoms. The van der Waals surface area contributed by atoms with Gasteiger partial charge in [0.05, 0.1) is 12.0 Å². The number of nitrogens with one attached hydrogen (secondary N) is 1. The van der Waals surface area contributed by atoms with E-state index in [0.717, 1.165) is 6.42 Å². The molecule has 1 aliphatic rings. The standard InChI is InChI=1S/C20H26N6O4/c1-4-14(2)22-18(27)15-13-21-20(23-19(15)30-3)25-11-9-24(10-12-25)16-7-5-6-8-17(16)26(28)29/h5-8,13-14H,4,9-12H2,1-3H3,(H,22,27)/t14-/m0/s1. The number of piperazine rings is 1. The van der Waals surface area contributed by atoms with Crippen LogP contribution in [0.2, 0.25) is 0 Å². The molecule has 10 nitrogen and oxygen atoms in total. The monoisotopic (exact) mass is 414 g/mol. The zero-order valence-corrected chi connectivity index (χ0v) is 17.4. The van der Waals surface area contributed by atoms with Gasteiger partial charge in [0.1, 0.15) is 11.3 Å². The Morgan fingerprint density at radius 2 is 1.93 bits per heavy atom. The van der Waals surface area contributed by atoms with Crippen LogP contribution < -0.4 is 19.9 Å². The molecule has 30 heavy (non-hydrogen) atoms. The molecule has 1 atom stereocenters. The summed E-state index contributed by atoms with van der Waals surface area (Å²) in [5, 5.41) is 14.2. The molecule has 1 fully saturated rings. The molecule has 1 aromatic carbocycles. The predicted octanol–water partition coefficient (Wildman–Crippen LogP) is 2.25. The van der Waals surface area contributed by atoms with Gasteiger partial charge in [-0.3, -0.25) is 14.9 Å². The molecule has 0 radical (unpaired) electrons. The van der Waals surface area contributed by atoms with Crippen molar-refractivity contribution in [1.82, 2.24) is 15.3 Å². The van der Waals surface area contributed by atoms with Gasteiger partial charge in [0.25, 0.3) is 11.6 Å². The molecule has 1 aliphatic heterocycles. The van der Waals surface area contributed by atoms with Crippen molar-refractivity contribution in [2.75, 3.05) is 43.1 Å². The molecule has 0 saturated carbocycles. The molecular formula is C20H26N6O4. The molecule has 1 amide bonds. The maximum Gasteiger partial charge on any atom is 0.292 e. The lowest BCUT2D eigenvalue weighted by Crippen LogP contribution is -2.47. The quantitative estimate of drug-likeness (QED) is 0.542. The smallest absolute Gasteiger partial charge is 0.292 e. The Morgan fingerprint density at radius 3 is 2.57 bits per heavy atom. The van der Waals surface area contributed by atoms with Gasteiger partial charge >= 0.3 is 0 Å². The lowest BCUT2D eigenvalue weighted by molar-refractivity contribution is -0.384. The molecule has 1 saturated heterocycles. The first-order valence-electron chi connectivity index (χ1n) is 9.89. The minimum absolute atomic E-state index is 0.0389. The van der Waals surface area contributed by atoms with Gasteiger partial charge in [-0.05, 0) is 19.4 Å². The van der Waals surface area contributed by atoms with Crippen molar-refractivity contribution in [3.63, 3.8) is 0 Å². The van der Waals surface area contributed by atoms with E-state index in [2.05, 4.69) is 15.3 Å². The summed E-state index contributed by atoms with van der Waals surface area (Å²) in [4.78, 5) is 36.1. The van der Waals surface area contributed by atoms with Crippen LogP contribution in [-0.2, 0) is 0 Å². The molecule has 0 aliphatic carbocycles.